The van der Waals surface area contributed by atoms with E-state index in [1.54, 1.807) is 18.0 Å². The number of para-hydroxylation sites is 1. The number of fused-ring (bicyclic) bond motifs is 2. The fourth-order valence-corrected chi connectivity index (χ4v) is 4.85. The first-order valence-electron chi connectivity index (χ1n) is 7.98. The minimum Gasteiger partial charge on any atom is -0.311 e. The molecule has 0 saturated carbocycles. The number of rotatable bonds is 2. The van der Waals surface area contributed by atoms with E-state index in [0.29, 0.717) is 12.3 Å². The molecule has 0 N–H and O–H groups in total. The maximum Gasteiger partial charge on any atom is 0.237 e. The van der Waals surface area contributed by atoms with E-state index < -0.39 is 0 Å². The molecule has 3 heterocycles. The van der Waals surface area contributed by atoms with Crippen LogP contribution >= 0.6 is 23.5 Å². The molecule has 2 aliphatic heterocycles. The lowest BCUT2D eigenvalue weighted by molar-refractivity contribution is -0.116. The second-order valence-electron chi connectivity index (χ2n) is 5.72. The maximum atomic E-state index is 12.7. The molecular weight excluding hydrogens is 338 g/mol. The van der Waals surface area contributed by atoms with E-state index in [1.807, 2.05) is 29.2 Å². The van der Waals surface area contributed by atoms with E-state index >= 15 is 0 Å². The maximum absolute atomic E-state index is 12.7. The number of aliphatic imine (C=N–C) groups is 1. The standard InChI is InChI=1S/C18H17N3OS2/c22-16(21-10-4-7-13-5-1-2-8-15(13)21)12-23-18-20-11-14-6-3-9-19-17(14)24-18/h1-3,5-6,8-9H,4,7,10-12H2. The van der Waals surface area contributed by atoms with Crippen LogP contribution in [0.15, 0.2) is 52.6 Å². The van der Waals surface area contributed by atoms with Crippen molar-refractivity contribution < 1.29 is 4.79 Å². The SMILES string of the molecule is O=C(CSC1=NCc2cccnc2S1)N1CCCc2ccccc21. The fourth-order valence-electron chi connectivity index (χ4n) is 2.97. The van der Waals surface area contributed by atoms with Gasteiger partial charge in [0, 0.05) is 24.0 Å². The number of carbonyl (C=O) groups is 1. The van der Waals surface area contributed by atoms with Gasteiger partial charge in [-0.1, -0.05) is 36.0 Å². The van der Waals surface area contributed by atoms with Gasteiger partial charge in [0.25, 0.3) is 0 Å². The highest BCUT2D eigenvalue weighted by Gasteiger charge is 2.23. The van der Waals surface area contributed by atoms with E-state index in [0.717, 1.165) is 40.0 Å². The van der Waals surface area contributed by atoms with Crippen molar-refractivity contribution in [1.82, 2.24) is 4.98 Å². The summed E-state index contributed by atoms with van der Waals surface area (Å²) in [5, 5.41) is 1.01. The molecule has 2 aromatic rings. The van der Waals surface area contributed by atoms with Gasteiger partial charge in [0.2, 0.25) is 5.91 Å². The number of benzene rings is 1. The average Bonchev–Trinajstić information content (AvgIpc) is 2.65. The molecule has 122 valence electrons. The van der Waals surface area contributed by atoms with Gasteiger partial charge in [0.15, 0.2) is 0 Å². The number of nitrogens with zero attached hydrogens (tertiary/aromatic N) is 3. The number of anilines is 1. The van der Waals surface area contributed by atoms with Crippen molar-refractivity contribution in [2.75, 3.05) is 17.2 Å². The van der Waals surface area contributed by atoms with Crippen molar-refractivity contribution in [1.29, 1.82) is 0 Å². The van der Waals surface area contributed by atoms with Crippen molar-refractivity contribution >= 4 is 39.5 Å². The molecule has 0 saturated heterocycles. The normalized spacial score (nSPS) is 16.2. The van der Waals surface area contributed by atoms with Gasteiger partial charge in [0.05, 0.1) is 12.3 Å². The largest absolute Gasteiger partial charge is 0.311 e. The number of hydrogen-bond donors (Lipinski definition) is 0. The molecule has 2 aliphatic rings. The van der Waals surface area contributed by atoms with Gasteiger partial charge >= 0.3 is 0 Å². The number of pyridine rings is 1. The van der Waals surface area contributed by atoms with Crippen molar-refractivity contribution in [3.8, 4) is 0 Å². The molecule has 0 aliphatic carbocycles. The predicted molar refractivity (Wildman–Crippen MR) is 101 cm³/mol. The molecule has 4 nitrogen and oxygen atoms in total. The number of aryl methyl sites for hydroxylation is 1. The lowest BCUT2D eigenvalue weighted by Gasteiger charge is -2.29. The zero-order valence-electron chi connectivity index (χ0n) is 13.1. The van der Waals surface area contributed by atoms with Crippen molar-refractivity contribution in [3.05, 3.63) is 53.7 Å². The Morgan fingerprint density at radius 3 is 3.04 bits per heavy atom. The quantitative estimate of drug-likeness (QED) is 0.823. The first-order chi connectivity index (χ1) is 11.8. The van der Waals surface area contributed by atoms with Gasteiger partial charge in [-0.3, -0.25) is 9.79 Å². The van der Waals surface area contributed by atoms with Crippen molar-refractivity contribution in [2.24, 2.45) is 4.99 Å². The van der Waals surface area contributed by atoms with Crippen LogP contribution in [0, 0.1) is 0 Å². The summed E-state index contributed by atoms with van der Waals surface area (Å²) in [4.78, 5) is 23.6. The second kappa shape index (κ2) is 6.99. The first-order valence-corrected chi connectivity index (χ1v) is 9.79. The number of thioether (sulfide) groups is 2. The Bertz CT molecular complexity index is 806. The topological polar surface area (TPSA) is 45.6 Å². The van der Waals surface area contributed by atoms with Gasteiger partial charge in [0.1, 0.15) is 9.40 Å². The summed E-state index contributed by atoms with van der Waals surface area (Å²) < 4.78 is 0.930. The van der Waals surface area contributed by atoms with Crippen LogP contribution in [0.25, 0.3) is 0 Å². The molecule has 1 aromatic heterocycles. The highest BCUT2D eigenvalue weighted by Crippen LogP contribution is 2.33. The third kappa shape index (κ3) is 3.21. The number of hydrogen-bond acceptors (Lipinski definition) is 5. The second-order valence-corrected chi connectivity index (χ2v) is 7.92. The van der Waals surface area contributed by atoms with Crippen LogP contribution < -0.4 is 4.90 Å². The van der Waals surface area contributed by atoms with Crippen LogP contribution in [0.5, 0.6) is 0 Å². The monoisotopic (exact) mass is 355 g/mol. The van der Waals surface area contributed by atoms with Crippen LogP contribution in [-0.4, -0.2) is 27.6 Å². The van der Waals surface area contributed by atoms with Crippen molar-refractivity contribution in [3.63, 3.8) is 0 Å². The highest BCUT2D eigenvalue weighted by atomic mass is 32.2. The minimum atomic E-state index is 0.155. The van der Waals surface area contributed by atoms with E-state index in [2.05, 4.69) is 22.1 Å². The van der Waals surface area contributed by atoms with E-state index in [9.17, 15) is 4.79 Å². The summed E-state index contributed by atoms with van der Waals surface area (Å²) in [6.45, 7) is 1.46. The zero-order valence-corrected chi connectivity index (χ0v) is 14.8. The van der Waals surface area contributed by atoms with E-state index in [-0.39, 0.29) is 5.91 Å². The fraction of sp³-hybridized carbons (Fsp3) is 0.278. The van der Waals surface area contributed by atoms with E-state index in [1.165, 1.54) is 17.3 Å². The third-order valence-corrected chi connectivity index (χ3v) is 6.38. The molecule has 0 fully saturated rings. The summed E-state index contributed by atoms with van der Waals surface area (Å²) in [5.74, 6) is 0.574. The molecule has 0 radical (unpaired) electrons. The average molecular weight is 355 g/mol. The Labute approximate surface area is 149 Å². The van der Waals surface area contributed by atoms with Gasteiger partial charge < -0.3 is 4.90 Å². The molecule has 4 rings (SSSR count). The molecule has 0 unspecified atom stereocenters. The minimum absolute atomic E-state index is 0.155. The number of carbonyl (C=O) groups excluding carboxylic acids is 1. The molecule has 24 heavy (non-hydrogen) atoms. The smallest absolute Gasteiger partial charge is 0.237 e. The molecule has 1 aromatic carbocycles. The van der Waals surface area contributed by atoms with Crippen molar-refractivity contribution in [2.45, 2.75) is 24.4 Å². The summed E-state index contributed by atoms with van der Waals surface area (Å²) in [6, 6.07) is 12.2. The highest BCUT2D eigenvalue weighted by molar-refractivity contribution is 8.39. The van der Waals surface area contributed by atoms with Crippen LogP contribution in [0.1, 0.15) is 17.5 Å². The Kier molecular flexibility index (Phi) is 4.58. The molecule has 0 bridgehead atoms. The zero-order chi connectivity index (χ0) is 16.4. The summed E-state index contributed by atoms with van der Waals surface area (Å²) in [7, 11) is 0. The van der Waals surface area contributed by atoms with Crippen LogP contribution in [0.3, 0.4) is 0 Å². The Hall–Kier alpha value is -1.79. The van der Waals surface area contributed by atoms with Crippen LogP contribution in [-0.2, 0) is 17.8 Å². The summed E-state index contributed by atoms with van der Waals surface area (Å²) >= 11 is 3.08. The summed E-state index contributed by atoms with van der Waals surface area (Å²) in [5.41, 5.74) is 3.49. The van der Waals surface area contributed by atoms with Crippen LogP contribution in [0.4, 0.5) is 5.69 Å². The third-order valence-electron chi connectivity index (χ3n) is 4.14. The van der Waals surface area contributed by atoms with Crippen LogP contribution in [0.2, 0.25) is 0 Å². The molecule has 0 spiro atoms. The number of amides is 1. The Morgan fingerprint density at radius 2 is 2.08 bits per heavy atom. The van der Waals surface area contributed by atoms with Gasteiger partial charge in [-0.15, -0.1) is 0 Å². The van der Waals surface area contributed by atoms with E-state index in [4.69, 9.17) is 0 Å². The molecule has 6 heteroatoms. The van der Waals surface area contributed by atoms with Gasteiger partial charge in [-0.05, 0) is 42.3 Å². The molecular formula is C18H17N3OS2. The Morgan fingerprint density at radius 1 is 1.21 bits per heavy atom. The molecule has 1 amide bonds. The first kappa shape index (κ1) is 15.7. The molecule has 0 atom stereocenters. The van der Waals surface area contributed by atoms with Gasteiger partial charge in [-0.2, -0.15) is 0 Å². The number of aromatic nitrogens is 1. The Balaban J connectivity index is 1.41. The summed E-state index contributed by atoms with van der Waals surface area (Å²) in [6.07, 6.45) is 3.88. The lowest BCUT2D eigenvalue weighted by Crippen LogP contribution is -2.36. The van der Waals surface area contributed by atoms with Gasteiger partial charge in [-0.25, -0.2) is 4.98 Å². The lowest BCUT2D eigenvalue weighted by atomic mass is 10.0. The predicted octanol–water partition coefficient (Wildman–Crippen LogP) is 3.76.